The van der Waals surface area contributed by atoms with Crippen molar-refractivity contribution in [3.05, 3.63) is 35.9 Å². The molecular weight excluding hydrogens is 280 g/mol. The Balaban J connectivity index is 2.15. The zero-order valence-electron chi connectivity index (χ0n) is 13.4. The predicted molar refractivity (Wildman–Crippen MR) is 83.2 cm³/mol. The third kappa shape index (κ3) is 4.48. The number of amides is 2. The number of benzene rings is 1. The summed E-state index contributed by atoms with van der Waals surface area (Å²) in [6.07, 6.45) is 1.41. The van der Waals surface area contributed by atoms with Crippen molar-refractivity contribution in [3.63, 3.8) is 0 Å². The highest BCUT2D eigenvalue weighted by Gasteiger charge is 2.30. The molecule has 1 radical (unpaired) electrons. The molecule has 1 aromatic rings. The number of carbonyl (C=O) groups is 2. The quantitative estimate of drug-likeness (QED) is 0.934. The Morgan fingerprint density at radius 3 is 2.50 bits per heavy atom. The van der Waals surface area contributed by atoms with E-state index in [1.54, 1.807) is 37.8 Å². The first-order chi connectivity index (χ1) is 10.4. The van der Waals surface area contributed by atoms with E-state index >= 15 is 0 Å². The zero-order valence-corrected chi connectivity index (χ0v) is 13.4. The highest BCUT2D eigenvalue weighted by molar-refractivity contribution is 5.87. The average Bonchev–Trinajstić information content (AvgIpc) is 2.97. The van der Waals surface area contributed by atoms with Gasteiger partial charge in [0.25, 0.3) is 0 Å². The van der Waals surface area contributed by atoms with Crippen LogP contribution < -0.4 is 5.32 Å². The van der Waals surface area contributed by atoms with Gasteiger partial charge in [0.05, 0.1) is 0 Å². The monoisotopic (exact) mass is 303 g/mol. The molecule has 0 saturated carbocycles. The Morgan fingerprint density at radius 1 is 1.27 bits per heavy atom. The van der Waals surface area contributed by atoms with Crippen LogP contribution >= 0.6 is 0 Å². The fourth-order valence-corrected chi connectivity index (χ4v) is 2.40. The molecule has 2 rings (SSSR count). The van der Waals surface area contributed by atoms with Crippen molar-refractivity contribution in [1.82, 2.24) is 10.2 Å². The van der Waals surface area contributed by atoms with E-state index in [-0.39, 0.29) is 5.91 Å². The molecule has 22 heavy (non-hydrogen) atoms. The van der Waals surface area contributed by atoms with Gasteiger partial charge in [-0.1, -0.05) is 24.3 Å². The van der Waals surface area contributed by atoms with Gasteiger partial charge in [-0.15, -0.1) is 0 Å². The molecule has 1 saturated heterocycles. The highest BCUT2D eigenvalue weighted by Crippen LogP contribution is 2.19. The van der Waals surface area contributed by atoms with Crippen molar-refractivity contribution in [2.45, 2.75) is 45.3 Å². The van der Waals surface area contributed by atoms with Gasteiger partial charge in [0.15, 0.2) is 0 Å². The molecule has 1 atom stereocenters. The zero-order chi connectivity index (χ0) is 16.2. The van der Waals surface area contributed by atoms with Gasteiger partial charge in [-0.3, -0.25) is 4.79 Å². The lowest BCUT2D eigenvalue weighted by Crippen LogP contribution is -2.43. The second-order valence-corrected chi connectivity index (χ2v) is 6.43. The van der Waals surface area contributed by atoms with Crippen LogP contribution in [0.2, 0.25) is 0 Å². The summed E-state index contributed by atoms with van der Waals surface area (Å²) < 4.78 is 5.27. The third-order valence-corrected chi connectivity index (χ3v) is 3.37. The number of hydrogen-bond donors (Lipinski definition) is 1. The molecule has 1 N–H and O–H groups in total. The summed E-state index contributed by atoms with van der Waals surface area (Å²) in [5.74, 6) is -0.106. The summed E-state index contributed by atoms with van der Waals surface area (Å²) in [5, 5.41) is 2.68. The second kappa shape index (κ2) is 6.81. The van der Waals surface area contributed by atoms with Crippen LogP contribution in [0.1, 0.15) is 45.2 Å². The smallest absolute Gasteiger partial charge is 0.408 e. The fraction of sp³-hybridized carbons (Fsp3) is 0.529. The van der Waals surface area contributed by atoms with Crippen molar-refractivity contribution in [2.24, 2.45) is 0 Å². The minimum absolute atomic E-state index is 0.106. The number of rotatable bonds is 3. The Kier molecular flexibility index (Phi) is 5.06. The summed E-state index contributed by atoms with van der Waals surface area (Å²) >= 11 is 0. The molecule has 5 heteroatoms. The highest BCUT2D eigenvalue weighted by atomic mass is 16.6. The molecule has 1 aromatic carbocycles. The molecule has 0 spiro atoms. The SMILES string of the molecule is CC(C)(C)OC(=O)NC(C(=O)N1CCCC1)c1[c]cccc1. The second-order valence-electron chi connectivity index (χ2n) is 6.43. The average molecular weight is 303 g/mol. The minimum atomic E-state index is -0.755. The molecule has 1 heterocycles. The van der Waals surface area contributed by atoms with Gasteiger partial charge in [-0.2, -0.15) is 0 Å². The van der Waals surface area contributed by atoms with Crippen LogP contribution in [0.4, 0.5) is 4.79 Å². The minimum Gasteiger partial charge on any atom is -0.444 e. The summed E-state index contributed by atoms with van der Waals surface area (Å²) in [6.45, 7) is 6.84. The Labute approximate surface area is 131 Å². The first-order valence-electron chi connectivity index (χ1n) is 7.62. The largest absolute Gasteiger partial charge is 0.444 e. The van der Waals surface area contributed by atoms with Crippen LogP contribution in [-0.2, 0) is 9.53 Å². The lowest BCUT2D eigenvalue weighted by molar-refractivity contribution is -0.132. The van der Waals surface area contributed by atoms with Crippen molar-refractivity contribution in [3.8, 4) is 0 Å². The van der Waals surface area contributed by atoms with Gasteiger partial charge in [0.1, 0.15) is 11.6 Å². The van der Waals surface area contributed by atoms with Crippen LogP contribution in [0.15, 0.2) is 24.3 Å². The molecule has 119 valence electrons. The maximum atomic E-state index is 12.7. The lowest BCUT2D eigenvalue weighted by atomic mass is 10.1. The molecule has 1 unspecified atom stereocenters. The van der Waals surface area contributed by atoms with Crippen LogP contribution in [0.5, 0.6) is 0 Å². The van der Waals surface area contributed by atoms with E-state index in [4.69, 9.17) is 4.74 Å². The molecule has 2 amide bonds. The van der Waals surface area contributed by atoms with Crippen molar-refractivity contribution < 1.29 is 14.3 Å². The molecule has 0 aromatic heterocycles. The van der Waals surface area contributed by atoms with Crippen LogP contribution in [0, 0.1) is 6.07 Å². The molecular formula is C17H23N2O3. The summed E-state index contributed by atoms with van der Waals surface area (Å²) in [5.41, 5.74) is 0.0383. The molecule has 1 aliphatic rings. The number of carbonyl (C=O) groups excluding carboxylic acids is 2. The van der Waals surface area contributed by atoms with Gasteiger partial charge >= 0.3 is 6.09 Å². The third-order valence-electron chi connectivity index (χ3n) is 3.37. The summed E-state index contributed by atoms with van der Waals surface area (Å²) in [7, 11) is 0. The maximum Gasteiger partial charge on any atom is 0.408 e. The predicted octanol–water partition coefficient (Wildman–Crippen LogP) is 2.67. The van der Waals surface area contributed by atoms with E-state index in [2.05, 4.69) is 11.4 Å². The Bertz CT molecular complexity index is 516. The maximum absolute atomic E-state index is 12.7. The lowest BCUT2D eigenvalue weighted by Gasteiger charge is -2.26. The first kappa shape index (κ1) is 16.3. The van der Waals surface area contributed by atoms with Gasteiger partial charge < -0.3 is 15.0 Å². The molecule has 1 fully saturated rings. The van der Waals surface area contributed by atoms with E-state index in [0.717, 1.165) is 25.9 Å². The Hall–Kier alpha value is -2.04. The summed E-state index contributed by atoms with van der Waals surface area (Å²) in [6, 6.07) is 9.44. The van der Waals surface area contributed by atoms with E-state index in [1.807, 2.05) is 12.1 Å². The van der Waals surface area contributed by atoms with Crippen LogP contribution in [0.25, 0.3) is 0 Å². The van der Waals surface area contributed by atoms with E-state index < -0.39 is 17.7 Å². The molecule has 0 bridgehead atoms. The van der Waals surface area contributed by atoms with Gasteiger partial charge in [0.2, 0.25) is 5.91 Å². The molecule has 1 aliphatic heterocycles. The van der Waals surface area contributed by atoms with Gasteiger partial charge in [-0.05, 0) is 45.2 Å². The molecule has 0 aliphatic carbocycles. The van der Waals surface area contributed by atoms with E-state index in [0.29, 0.717) is 5.56 Å². The topological polar surface area (TPSA) is 58.6 Å². The van der Waals surface area contributed by atoms with Crippen LogP contribution in [0.3, 0.4) is 0 Å². The standard InChI is InChI=1S/C17H23N2O3/c1-17(2,3)22-16(21)18-14(13-9-5-4-6-10-13)15(20)19-11-7-8-12-19/h4-6,9,14H,7-8,11-12H2,1-3H3,(H,18,21). The number of nitrogens with one attached hydrogen (secondary N) is 1. The number of alkyl carbamates (subject to hydrolysis) is 1. The fourth-order valence-electron chi connectivity index (χ4n) is 2.40. The molecule has 5 nitrogen and oxygen atoms in total. The first-order valence-corrected chi connectivity index (χ1v) is 7.62. The van der Waals surface area contributed by atoms with Gasteiger partial charge in [-0.25, -0.2) is 4.79 Å². The van der Waals surface area contributed by atoms with E-state index in [1.165, 1.54) is 0 Å². The summed E-state index contributed by atoms with van der Waals surface area (Å²) in [4.78, 5) is 26.5. The van der Waals surface area contributed by atoms with E-state index in [9.17, 15) is 9.59 Å². The normalized spacial score (nSPS) is 16.2. The Morgan fingerprint density at radius 2 is 1.95 bits per heavy atom. The van der Waals surface area contributed by atoms with Crippen LogP contribution in [-0.4, -0.2) is 35.6 Å². The van der Waals surface area contributed by atoms with Gasteiger partial charge in [0, 0.05) is 13.1 Å². The van der Waals surface area contributed by atoms with Crippen molar-refractivity contribution in [1.29, 1.82) is 0 Å². The number of hydrogen-bond acceptors (Lipinski definition) is 3. The van der Waals surface area contributed by atoms with Crippen molar-refractivity contribution >= 4 is 12.0 Å². The number of nitrogens with zero attached hydrogens (tertiary/aromatic N) is 1. The number of ether oxygens (including phenoxy) is 1. The number of likely N-dealkylation sites (tertiary alicyclic amines) is 1. The van der Waals surface area contributed by atoms with Crippen molar-refractivity contribution in [2.75, 3.05) is 13.1 Å².